The van der Waals surface area contributed by atoms with Crippen molar-refractivity contribution >= 4 is 29.0 Å². The van der Waals surface area contributed by atoms with Gasteiger partial charge in [0.25, 0.3) is 0 Å². The van der Waals surface area contributed by atoms with Gasteiger partial charge in [0.1, 0.15) is 11.6 Å². The van der Waals surface area contributed by atoms with Gasteiger partial charge in [-0.15, -0.1) is 11.6 Å². The van der Waals surface area contributed by atoms with Gasteiger partial charge >= 0.3 is 0 Å². The molecule has 3 aromatic rings. The number of para-hydroxylation sites is 1. The van der Waals surface area contributed by atoms with Gasteiger partial charge in [0.15, 0.2) is 5.78 Å². The van der Waals surface area contributed by atoms with Crippen molar-refractivity contribution in [1.82, 2.24) is 0 Å². The fourth-order valence-corrected chi connectivity index (χ4v) is 3.11. The molecule has 5 heteroatoms. The number of ketones is 1. The molecular formula is C23H20ClNO3. The minimum atomic E-state index is -0.267. The topological polar surface area (TPSA) is 46.6 Å². The van der Waals surface area contributed by atoms with Crippen LogP contribution in [0.5, 0.6) is 5.75 Å². The summed E-state index contributed by atoms with van der Waals surface area (Å²) in [5, 5.41) is 0. The third-order valence-electron chi connectivity index (χ3n) is 4.57. The molecule has 0 aromatic heterocycles. The van der Waals surface area contributed by atoms with Gasteiger partial charge in [-0.25, -0.2) is 0 Å². The number of carbonyl (C=O) groups excluding carboxylic acids is 2. The number of halogens is 1. The quantitative estimate of drug-likeness (QED) is 0.446. The number of amides is 1. The van der Waals surface area contributed by atoms with Crippen LogP contribution < -0.4 is 9.64 Å². The smallest absolute Gasteiger partial charge is 0.241 e. The fourth-order valence-electron chi connectivity index (χ4n) is 2.94. The predicted octanol–water partition coefficient (Wildman–Crippen LogP) is 4.79. The van der Waals surface area contributed by atoms with E-state index in [1.54, 1.807) is 50.6 Å². The first-order chi connectivity index (χ1) is 13.5. The number of hydrogen-bond donors (Lipinski definition) is 0. The Morgan fingerprint density at radius 3 is 2.04 bits per heavy atom. The number of alkyl halides is 1. The number of nitrogens with zero attached hydrogens (tertiary/aromatic N) is 1. The molecule has 0 aliphatic rings. The molecule has 3 aromatic carbocycles. The van der Waals surface area contributed by atoms with Crippen molar-refractivity contribution in [2.24, 2.45) is 0 Å². The molecule has 142 valence electrons. The molecule has 0 bridgehead atoms. The maximum atomic E-state index is 13.0. The molecule has 0 saturated carbocycles. The number of hydrogen-bond acceptors (Lipinski definition) is 3. The van der Waals surface area contributed by atoms with E-state index in [-0.39, 0.29) is 17.6 Å². The third-order valence-corrected chi connectivity index (χ3v) is 4.80. The van der Waals surface area contributed by atoms with Gasteiger partial charge in [0, 0.05) is 18.2 Å². The van der Waals surface area contributed by atoms with Crippen molar-refractivity contribution in [3.8, 4) is 16.9 Å². The molecule has 0 fully saturated rings. The lowest BCUT2D eigenvalue weighted by atomic mass is 9.98. The zero-order valence-corrected chi connectivity index (χ0v) is 16.4. The molecule has 0 aliphatic carbocycles. The number of carbonyl (C=O) groups is 2. The lowest BCUT2D eigenvalue weighted by molar-refractivity contribution is -0.116. The molecule has 3 rings (SSSR count). The van der Waals surface area contributed by atoms with Crippen molar-refractivity contribution in [2.45, 2.75) is 0 Å². The van der Waals surface area contributed by atoms with Crippen LogP contribution >= 0.6 is 11.6 Å². The maximum absolute atomic E-state index is 13.0. The zero-order valence-electron chi connectivity index (χ0n) is 15.7. The molecule has 0 N–H and O–H groups in total. The molecule has 28 heavy (non-hydrogen) atoms. The number of rotatable bonds is 6. The zero-order chi connectivity index (χ0) is 20.1. The average Bonchev–Trinajstić information content (AvgIpc) is 2.77. The number of anilines is 1. The van der Waals surface area contributed by atoms with E-state index in [1.807, 2.05) is 36.4 Å². The highest BCUT2D eigenvalue weighted by molar-refractivity contribution is 6.29. The van der Waals surface area contributed by atoms with E-state index >= 15 is 0 Å². The van der Waals surface area contributed by atoms with Crippen LogP contribution in [-0.4, -0.2) is 31.7 Å². The highest BCUT2D eigenvalue weighted by Gasteiger charge is 2.19. The Balaban J connectivity index is 1.88. The standard InChI is InChI=1S/C23H20ClNO3/c1-25(22(26)15-24)21-6-4-3-5-20(21)23(27)18-9-7-16(8-10-18)17-11-13-19(28-2)14-12-17/h3-14H,15H2,1-2H3. The number of methoxy groups -OCH3 is 1. The Bertz CT molecular complexity index is 981. The van der Waals surface area contributed by atoms with E-state index in [0.29, 0.717) is 16.8 Å². The van der Waals surface area contributed by atoms with Crippen LogP contribution in [0.25, 0.3) is 11.1 Å². The Labute approximate surface area is 169 Å². The molecule has 0 spiro atoms. The van der Waals surface area contributed by atoms with Crippen molar-refractivity contribution in [1.29, 1.82) is 0 Å². The second kappa shape index (κ2) is 8.72. The number of ether oxygens (including phenoxy) is 1. The van der Waals surface area contributed by atoms with Crippen molar-refractivity contribution in [3.05, 3.63) is 83.9 Å². The van der Waals surface area contributed by atoms with Gasteiger partial charge in [-0.1, -0.05) is 48.5 Å². The van der Waals surface area contributed by atoms with Crippen LogP contribution in [0.3, 0.4) is 0 Å². The van der Waals surface area contributed by atoms with Gasteiger partial charge in [0.2, 0.25) is 5.91 Å². The Kier molecular flexibility index (Phi) is 6.12. The minimum absolute atomic E-state index is 0.143. The first kappa shape index (κ1) is 19.6. The predicted molar refractivity (Wildman–Crippen MR) is 112 cm³/mol. The average molecular weight is 394 g/mol. The molecule has 4 nitrogen and oxygen atoms in total. The summed E-state index contributed by atoms with van der Waals surface area (Å²) in [6, 6.07) is 22.2. The molecular weight excluding hydrogens is 374 g/mol. The van der Waals surface area contributed by atoms with E-state index in [2.05, 4.69) is 0 Å². The second-order valence-electron chi connectivity index (χ2n) is 6.24. The largest absolute Gasteiger partial charge is 0.497 e. The fraction of sp³-hybridized carbons (Fsp3) is 0.130. The molecule has 0 unspecified atom stereocenters. The lowest BCUT2D eigenvalue weighted by Crippen LogP contribution is -2.28. The van der Waals surface area contributed by atoms with Crippen LogP contribution in [0.2, 0.25) is 0 Å². The van der Waals surface area contributed by atoms with Crippen LogP contribution in [0.15, 0.2) is 72.8 Å². The van der Waals surface area contributed by atoms with Gasteiger partial charge in [-0.3, -0.25) is 9.59 Å². The molecule has 0 atom stereocenters. The molecule has 0 radical (unpaired) electrons. The van der Waals surface area contributed by atoms with Crippen molar-refractivity contribution < 1.29 is 14.3 Å². The molecule has 1 amide bonds. The summed E-state index contributed by atoms with van der Waals surface area (Å²) in [5.41, 5.74) is 3.59. The monoisotopic (exact) mass is 393 g/mol. The summed E-state index contributed by atoms with van der Waals surface area (Å²) in [6.07, 6.45) is 0. The molecule has 0 aliphatic heterocycles. The SMILES string of the molecule is COc1ccc(-c2ccc(C(=O)c3ccccc3N(C)C(=O)CCl)cc2)cc1. The van der Waals surface area contributed by atoms with Crippen molar-refractivity contribution in [3.63, 3.8) is 0 Å². The highest BCUT2D eigenvalue weighted by atomic mass is 35.5. The van der Waals surface area contributed by atoms with E-state index in [9.17, 15) is 9.59 Å². The van der Waals surface area contributed by atoms with Gasteiger partial charge < -0.3 is 9.64 Å². The summed E-state index contributed by atoms with van der Waals surface area (Å²) in [4.78, 5) is 26.4. The Hall–Kier alpha value is -3.11. The van der Waals surface area contributed by atoms with Crippen LogP contribution in [-0.2, 0) is 4.79 Å². The van der Waals surface area contributed by atoms with Crippen LogP contribution in [0.4, 0.5) is 5.69 Å². The van der Waals surface area contributed by atoms with Crippen molar-refractivity contribution in [2.75, 3.05) is 24.9 Å². The Morgan fingerprint density at radius 2 is 1.46 bits per heavy atom. The van der Waals surface area contributed by atoms with Gasteiger partial charge in [0.05, 0.1) is 12.8 Å². The summed E-state index contributed by atoms with van der Waals surface area (Å²) >= 11 is 5.66. The van der Waals surface area contributed by atoms with Crippen LogP contribution in [0.1, 0.15) is 15.9 Å². The first-order valence-electron chi connectivity index (χ1n) is 8.76. The van der Waals surface area contributed by atoms with E-state index in [4.69, 9.17) is 16.3 Å². The normalized spacial score (nSPS) is 10.4. The first-order valence-corrected chi connectivity index (χ1v) is 9.29. The summed E-state index contributed by atoms with van der Waals surface area (Å²) in [7, 11) is 3.25. The molecule has 0 saturated heterocycles. The summed E-state index contributed by atoms with van der Waals surface area (Å²) in [6.45, 7) is 0. The highest BCUT2D eigenvalue weighted by Crippen LogP contribution is 2.26. The third kappa shape index (κ3) is 4.07. The van der Waals surface area contributed by atoms with E-state index in [1.165, 1.54) is 4.90 Å². The van der Waals surface area contributed by atoms with Gasteiger partial charge in [-0.2, -0.15) is 0 Å². The summed E-state index contributed by atoms with van der Waals surface area (Å²) < 4.78 is 5.18. The van der Waals surface area contributed by atoms with E-state index < -0.39 is 0 Å². The van der Waals surface area contributed by atoms with E-state index in [0.717, 1.165) is 16.9 Å². The maximum Gasteiger partial charge on any atom is 0.241 e. The lowest BCUT2D eigenvalue weighted by Gasteiger charge is -2.19. The van der Waals surface area contributed by atoms with Gasteiger partial charge in [-0.05, 0) is 35.4 Å². The Morgan fingerprint density at radius 1 is 0.893 bits per heavy atom. The minimum Gasteiger partial charge on any atom is -0.497 e. The summed E-state index contributed by atoms with van der Waals surface area (Å²) in [5.74, 6) is 0.237. The second-order valence-corrected chi connectivity index (χ2v) is 6.51. The molecule has 0 heterocycles. The number of benzene rings is 3. The van der Waals surface area contributed by atoms with Crippen LogP contribution in [0, 0.1) is 0 Å².